The van der Waals surface area contributed by atoms with Crippen LogP contribution in [0, 0.1) is 0 Å². The third-order valence-corrected chi connectivity index (χ3v) is 3.52. The summed E-state index contributed by atoms with van der Waals surface area (Å²) in [6.45, 7) is 0. The lowest BCUT2D eigenvalue weighted by Crippen LogP contribution is -2.41. The Labute approximate surface area is 132 Å². The molecule has 2 amide bonds. The number of nitrogens with one attached hydrogen (secondary N) is 2. The van der Waals surface area contributed by atoms with Crippen LogP contribution in [0.3, 0.4) is 0 Å². The molecular weight excluding hydrogens is 296 g/mol. The number of carbonyl (C=O) groups excluding carboxylic acids is 2. The molecule has 3 aromatic rings. The van der Waals surface area contributed by atoms with Crippen LogP contribution < -0.4 is 10.9 Å². The molecule has 7 heteroatoms. The van der Waals surface area contributed by atoms with Crippen LogP contribution in [0.2, 0.25) is 0 Å². The van der Waals surface area contributed by atoms with Gasteiger partial charge in [0, 0.05) is 19.9 Å². The van der Waals surface area contributed by atoms with Gasteiger partial charge in [-0.25, -0.2) is 4.98 Å². The summed E-state index contributed by atoms with van der Waals surface area (Å²) in [4.78, 5) is 27.9. The number of aryl methyl sites for hydroxylation is 2. The molecule has 0 aliphatic rings. The fourth-order valence-corrected chi connectivity index (χ4v) is 2.30. The van der Waals surface area contributed by atoms with Crippen molar-refractivity contribution in [2.24, 2.45) is 7.05 Å². The Kier molecular flexibility index (Phi) is 4.09. The van der Waals surface area contributed by atoms with E-state index in [0.29, 0.717) is 6.42 Å². The van der Waals surface area contributed by atoms with Crippen LogP contribution >= 0.6 is 0 Å². The number of para-hydroxylation sites is 2. The molecule has 0 unspecified atom stereocenters. The molecule has 2 aromatic heterocycles. The van der Waals surface area contributed by atoms with Gasteiger partial charge in [0.25, 0.3) is 0 Å². The van der Waals surface area contributed by atoms with Crippen LogP contribution in [-0.4, -0.2) is 21.4 Å². The van der Waals surface area contributed by atoms with E-state index in [1.54, 1.807) is 6.07 Å². The third kappa shape index (κ3) is 3.23. The highest BCUT2D eigenvalue weighted by Gasteiger charge is 2.12. The van der Waals surface area contributed by atoms with Gasteiger partial charge in [0.15, 0.2) is 5.76 Å². The number of nitrogens with zero attached hydrogens (tertiary/aromatic N) is 2. The third-order valence-electron chi connectivity index (χ3n) is 3.52. The number of benzene rings is 1. The summed E-state index contributed by atoms with van der Waals surface area (Å²) in [7, 11) is 1.92. The number of rotatable bonds is 4. The second kappa shape index (κ2) is 6.35. The molecule has 0 spiro atoms. The van der Waals surface area contributed by atoms with Crippen molar-refractivity contribution in [1.29, 1.82) is 0 Å². The first kappa shape index (κ1) is 14.8. The quantitative estimate of drug-likeness (QED) is 0.716. The molecule has 1 aromatic carbocycles. The summed E-state index contributed by atoms with van der Waals surface area (Å²) >= 11 is 0. The van der Waals surface area contributed by atoms with Crippen molar-refractivity contribution in [2.45, 2.75) is 12.8 Å². The predicted octanol–water partition coefficient (Wildman–Crippen LogP) is 1.56. The summed E-state index contributed by atoms with van der Waals surface area (Å²) in [6, 6.07) is 10.9. The van der Waals surface area contributed by atoms with Gasteiger partial charge < -0.3 is 8.98 Å². The van der Waals surface area contributed by atoms with Crippen LogP contribution in [-0.2, 0) is 18.3 Å². The van der Waals surface area contributed by atoms with Crippen LogP contribution in [0.15, 0.2) is 47.1 Å². The van der Waals surface area contributed by atoms with Gasteiger partial charge in [0.05, 0.1) is 17.3 Å². The van der Waals surface area contributed by atoms with E-state index < -0.39 is 5.91 Å². The first-order valence-electron chi connectivity index (χ1n) is 7.18. The van der Waals surface area contributed by atoms with Crippen molar-refractivity contribution in [3.8, 4) is 0 Å². The molecule has 0 fully saturated rings. The summed E-state index contributed by atoms with van der Waals surface area (Å²) in [5.74, 6) is 0.169. The predicted molar refractivity (Wildman–Crippen MR) is 83.4 cm³/mol. The van der Waals surface area contributed by atoms with Crippen molar-refractivity contribution in [1.82, 2.24) is 20.4 Å². The first-order chi connectivity index (χ1) is 11.1. The van der Waals surface area contributed by atoms with Crippen molar-refractivity contribution in [2.75, 3.05) is 0 Å². The van der Waals surface area contributed by atoms with E-state index in [9.17, 15) is 9.59 Å². The zero-order chi connectivity index (χ0) is 16.2. The molecule has 2 N–H and O–H groups in total. The van der Waals surface area contributed by atoms with Crippen LogP contribution in [0.1, 0.15) is 22.8 Å². The van der Waals surface area contributed by atoms with Crippen molar-refractivity contribution in [3.05, 3.63) is 54.2 Å². The minimum Gasteiger partial charge on any atom is -0.459 e. The second-order valence-corrected chi connectivity index (χ2v) is 5.06. The fourth-order valence-electron chi connectivity index (χ4n) is 2.30. The average molecular weight is 312 g/mol. The Morgan fingerprint density at radius 3 is 2.74 bits per heavy atom. The van der Waals surface area contributed by atoms with E-state index >= 15 is 0 Å². The van der Waals surface area contributed by atoms with Gasteiger partial charge in [0.2, 0.25) is 5.91 Å². The molecule has 2 heterocycles. The molecular formula is C16H16N4O3. The first-order valence-corrected chi connectivity index (χ1v) is 7.18. The second-order valence-electron chi connectivity index (χ2n) is 5.06. The smallest absolute Gasteiger partial charge is 0.305 e. The SMILES string of the molecule is Cn1c(CCC(=O)NNC(=O)c2ccco2)nc2ccccc21. The van der Waals surface area contributed by atoms with Crippen molar-refractivity contribution in [3.63, 3.8) is 0 Å². The fraction of sp³-hybridized carbons (Fsp3) is 0.188. The highest BCUT2D eigenvalue weighted by Crippen LogP contribution is 2.15. The Balaban J connectivity index is 1.54. The van der Waals surface area contributed by atoms with E-state index in [4.69, 9.17) is 4.42 Å². The molecule has 7 nitrogen and oxygen atoms in total. The van der Waals surface area contributed by atoms with E-state index in [1.165, 1.54) is 12.3 Å². The zero-order valence-corrected chi connectivity index (χ0v) is 12.6. The number of hydrazine groups is 1. The molecule has 0 aliphatic heterocycles. The van der Waals surface area contributed by atoms with Gasteiger partial charge >= 0.3 is 5.91 Å². The van der Waals surface area contributed by atoms with E-state index in [1.807, 2.05) is 35.9 Å². The molecule has 23 heavy (non-hydrogen) atoms. The summed E-state index contributed by atoms with van der Waals surface area (Å²) in [5.41, 5.74) is 6.58. The number of fused-ring (bicyclic) bond motifs is 1. The minimum atomic E-state index is -0.494. The number of aromatic nitrogens is 2. The van der Waals surface area contributed by atoms with Crippen LogP contribution in [0.4, 0.5) is 0 Å². The molecule has 0 saturated heterocycles. The Morgan fingerprint density at radius 1 is 1.17 bits per heavy atom. The Bertz CT molecular complexity index is 836. The monoisotopic (exact) mass is 312 g/mol. The van der Waals surface area contributed by atoms with Crippen molar-refractivity contribution >= 4 is 22.8 Å². The molecule has 118 valence electrons. The average Bonchev–Trinajstić information content (AvgIpc) is 3.20. The van der Waals surface area contributed by atoms with Gasteiger partial charge in [-0.3, -0.25) is 20.4 Å². The Morgan fingerprint density at radius 2 is 2.00 bits per heavy atom. The molecule has 0 atom stereocenters. The number of hydrogen-bond donors (Lipinski definition) is 2. The van der Waals surface area contributed by atoms with Gasteiger partial charge in [0.1, 0.15) is 5.82 Å². The van der Waals surface area contributed by atoms with Gasteiger partial charge in [-0.2, -0.15) is 0 Å². The van der Waals surface area contributed by atoms with Crippen molar-refractivity contribution < 1.29 is 14.0 Å². The maximum absolute atomic E-state index is 11.8. The van der Waals surface area contributed by atoms with E-state index in [0.717, 1.165) is 16.9 Å². The van der Waals surface area contributed by atoms with Gasteiger partial charge in [-0.15, -0.1) is 0 Å². The number of furan rings is 1. The lowest BCUT2D eigenvalue weighted by Gasteiger charge is -2.06. The highest BCUT2D eigenvalue weighted by molar-refractivity contribution is 5.92. The standard InChI is InChI=1S/C16H16N4O3/c1-20-12-6-3-2-5-11(12)17-14(20)8-9-15(21)18-19-16(22)13-7-4-10-23-13/h2-7,10H,8-9H2,1H3,(H,18,21)(H,19,22). The molecule has 0 bridgehead atoms. The minimum absolute atomic E-state index is 0.139. The van der Waals surface area contributed by atoms with Crippen LogP contribution in [0.5, 0.6) is 0 Å². The van der Waals surface area contributed by atoms with Gasteiger partial charge in [-0.05, 0) is 24.3 Å². The molecule has 0 aliphatic carbocycles. The highest BCUT2D eigenvalue weighted by atomic mass is 16.3. The lowest BCUT2D eigenvalue weighted by atomic mass is 10.3. The topological polar surface area (TPSA) is 89.2 Å². The molecule has 0 radical (unpaired) electrons. The number of amides is 2. The van der Waals surface area contributed by atoms with Gasteiger partial charge in [-0.1, -0.05) is 12.1 Å². The maximum atomic E-state index is 11.8. The van der Waals surface area contributed by atoms with E-state index in [2.05, 4.69) is 15.8 Å². The zero-order valence-electron chi connectivity index (χ0n) is 12.6. The summed E-state index contributed by atoms with van der Waals surface area (Å²) < 4.78 is 6.89. The van der Waals surface area contributed by atoms with E-state index in [-0.39, 0.29) is 18.1 Å². The number of imidazole rings is 1. The normalized spacial score (nSPS) is 10.7. The Hall–Kier alpha value is -3.09. The summed E-state index contributed by atoms with van der Waals surface area (Å²) in [5, 5.41) is 0. The van der Waals surface area contributed by atoms with Crippen LogP contribution in [0.25, 0.3) is 11.0 Å². The number of carbonyl (C=O) groups is 2. The maximum Gasteiger partial charge on any atom is 0.305 e. The summed E-state index contributed by atoms with van der Waals surface area (Å²) in [6.07, 6.45) is 2.09. The molecule has 3 rings (SSSR count). The largest absolute Gasteiger partial charge is 0.459 e. The lowest BCUT2D eigenvalue weighted by molar-refractivity contribution is -0.121. The number of hydrogen-bond acceptors (Lipinski definition) is 4. The molecule has 0 saturated carbocycles.